The molecule has 1 aromatic rings. The Hall–Kier alpha value is -1.09. The third-order valence-corrected chi connectivity index (χ3v) is 4.99. The molecule has 0 bridgehead atoms. The topological polar surface area (TPSA) is 26.3 Å². The van der Waals surface area contributed by atoms with Crippen molar-refractivity contribution in [1.82, 2.24) is 0 Å². The molecule has 1 atom stereocenters. The van der Waals surface area contributed by atoms with Crippen LogP contribution >= 0.6 is 15.9 Å². The first-order valence-electron chi connectivity index (χ1n) is 6.16. The predicted octanol–water partition coefficient (Wildman–Crippen LogP) is 3.73. The van der Waals surface area contributed by atoms with E-state index in [0.29, 0.717) is 6.42 Å². The number of methoxy groups -OCH3 is 1. The number of benzene rings is 1. The molecule has 3 heteroatoms. The molecule has 0 saturated carbocycles. The van der Waals surface area contributed by atoms with Crippen molar-refractivity contribution in [2.24, 2.45) is 5.41 Å². The van der Waals surface area contributed by atoms with Crippen LogP contribution in [0.25, 0.3) is 5.57 Å². The zero-order valence-corrected chi connectivity index (χ0v) is 12.1. The Morgan fingerprint density at radius 1 is 1.39 bits per heavy atom. The van der Waals surface area contributed by atoms with Crippen molar-refractivity contribution in [2.75, 3.05) is 7.11 Å². The Morgan fingerprint density at radius 3 is 2.89 bits per heavy atom. The summed E-state index contributed by atoms with van der Waals surface area (Å²) in [5, 5.41) is 0. The second kappa shape index (κ2) is 3.95. The Kier molecular flexibility index (Phi) is 2.63. The van der Waals surface area contributed by atoms with E-state index < -0.39 is 0 Å². The first-order valence-corrected chi connectivity index (χ1v) is 6.95. The van der Waals surface area contributed by atoms with Crippen molar-refractivity contribution in [1.29, 1.82) is 0 Å². The highest BCUT2D eigenvalue weighted by molar-refractivity contribution is 9.12. The second-order valence-electron chi connectivity index (χ2n) is 5.37. The van der Waals surface area contributed by atoms with Crippen LogP contribution in [0.5, 0.6) is 5.75 Å². The number of hydrogen-bond acceptors (Lipinski definition) is 2. The molecule has 2 nitrogen and oxygen atoms in total. The highest BCUT2D eigenvalue weighted by atomic mass is 79.9. The van der Waals surface area contributed by atoms with Gasteiger partial charge in [-0.15, -0.1) is 0 Å². The number of rotatable bonds is 1. The van der Waals surface area contributed by atoms with Gasteiger partial charge in [0, 0.05) is 11.8 Å². The molecular weight excluding hydrogens is 292 g/mol. The number of ketones is 1. The number of fused-ring (bicyclic) bond motifs is 3. The van der Waals surface area contributed by atoms with E-state index in [0.717, 1.165) is 23.1 Å². The van der Waals surface area contributed by atoms with Gasteiger partial charge >= 0.3 is 0 Å². The Bertz CT molecular complexity index is 574. The number of allylic oxidation sites excluding steroid dienone is 2. The number of Topliss-reactive ketones (excluding diaryl/α,β-unsaturated/α-hetero) is 1. The zero-order valence-electron chi connectivity index (χ0n) is 10.5. The summed E-state index contributed by atoms with van der Waals surface area (Å²) in [5.41, 5.74) is 3.70. The zero-order chi connectivity index (χ0) is 12.9. The van der Waals surface area contributed by atoms with E-state index in [1.165, 1.54) is 16.7 Å². The van der Waals surface area contributed by atoms with Gasteiger partial charge in [0.25, 0.3) is 0 Å². The fourth-order valence-corrected chi connectivity index (χ4v) is 3.97. The number of halogens is 1. The van der Waals surface area contributed by atoms with E-state index in [4.69, 9.17) is 4.74 Å². The number of carbonyl (C=O) groups is 1. The molecule has 18 heavy (non-hydrogen) atoms. The predicted molar refractivity (Wildman–Crippen MR) is 74.9 cm³/mol. The van der Waals surface area contributed by atoms with Gasteiger partial charge in [-0.2, -0.15) is 0 Å². The molecule has 2 aliphatic rings. The Morgan fingerprint density at radius 2 is 2.17 bits per heavy atom. The number of ether oxygens (including phenoxy) is 1. The monoisotopic (exact) mass is 306 g/mol. The van der Waals surface area contributed by atoms with Crippen LogP contribution in [-0.4, -0.2) is 12.9 Å². The average molecular weight is 307 g/mol. The molecular formula is C15H15BrO2. The maximum absolute atomic E-state index is 11.9. The molecule has 0 amide bonds. The van der Waals surface area contributed by atoms with Gasteiger partial charge < -0.3 is 4.74 Å². The van der Waals surface area contributed by atoms with E-state index in [-0.39, 0.29) is 11.2 Å². The van der Waals surface area contributed by atoms with Gasteiger partial charge in [0.05, 0.1) is 11.6 Å². The SMILES string of the molecule is COc1ccc2c(c1)CC[C@]1(C)CC(=O)C(Br)=C21. The molecule has 2 aliphatic carbocycles. The molecule has 0 aliphatic heterocycles. The van der Waals surface area contributed by atoms with E-state index in [1.54, 1.807) is 7.11 Å². The van der Waals surface area contributed by atoms with Crippen LogP contribution < -0.4 is 4.74 Å². The lowest BCUT2D eigenvalue weighted by Gasteiger charge is -2.33. The minimum absolute atomic E-state index is 0.0114. The van der Waals surface area contributed by atoms with Crippen LogP contribution in [0.3, 0.4) is 0 Å². The van der Waals surface area contributed by atoms with E-state index >= 15 is 0 Å². The highest BCUT2D eigenvalue weighted by Crippen LogP contribution is 2.54. The molecule has 0 fully saturated rings. The molecule has 0 radical (unpaired) electrons. The van der Waals surface area contributed by atoms with Crippen LogP contribution in [0.2, 0.25) is 0 Å². The molecule has 0 saturated heterocycles. The van der Waals surface area contributed by atoms with Gasteiger partial charge in [-0.05, 0) is 57.6 Å². The summed E-state index contributed by atoms with van der Waals surface area (Å²) in [6.45, 7) is 2.20. The molecule has 1 aromatic carbocycles. The first-order chi connectivity index (χ1) is 8.55. The van der Waals surface area contributed by atoms with Crippen LogP contribution in [-0.2, 0) is 11.2 Å². The summed E-state index contributed by atoms with van der Waals surface area (Å²) in [5.74, 6) is 1.12. The highest BCUT2D eigenvalue weighted by Gasteiger charge is 2.44. The molecule has 94 valence electrons. The minimum Gasteiger partial charge on any atom is -0.497 e. The van der Waals surface area contributed by atoms with Gasteiger partial charge in [0.2, 0.25) is 0 Å². The largest absolute Gasteiger partial charge is 0.497 e. The van der Waals surface area contributed by atoms with Crippen LogP contribution in [0.1, 0.15) is 30.9 Å². The maximum atomic E-state index is 11.9. The van der Waals surface area contributed by atoms with Gasteiger partial charge in [-0.1, -0.05) is 13.0 Å². The number of hydrogen-bond donors (Lipinski definition) is 0. The van der Waals surface area contributed by atoms with Crippen LogP contribution in [0, 0.1) is 5.41 Å². The normalized spacial score (nSPS) is 26.1. The van der Waals surface area contributed by atoms with Crippen molar-refractivity contribution < 1.29 is 9.53 Å². The molecule has 0 heterocycles. The standard InChI is InChI=1S/C15H15BrO2/c1-15-6-5-9-7-10(18-2)3-4-11(9)13(15)14(16)12(17)8-15/h3-4,7H,5-6,8H2,1-2H3/t15-/m1/s1. The van der Waals surface area contributed by atoms with Crippen LogP contribution in [0.4, 0.5) is 0 Å². The fraction of sp³-hybridized carbons (Fsp3) is 0.400. The van der Waals surface area contributed by atoms with Crippen molar-refractivity contribution >= 4 is 27.3 Å². The van der Waals surface area contributed by atoms with Crippen LogP contribution in [0.15, 0.2) is 22.7 Å². The van der Waals surface area contributed by atoms with Gasteiger partial charge in [-0.25, -0.2) is 0 Å². The maximum Gasteiger partial charge on any atom is 0.171 e. The molecule has 0 spiro atoms. The van der Waals surface area contributed by atoms with Crippen molar-refractivity contribution in [3.05, 3.63) is 33.8 Å². The smallest absolute Gasteiger partial charge is 0.171 e. The third kappa shape index (κ3) is 1.57. The number of carbonyl (C=O) groups excluding carboxylic acids is 1. The Labute approximate surface area is 115 Å². The van der Waals surface area contributed by atoms with Gasteiger partial charge in [0.1, 0.15) is 5.75 Å². The van der Waals surface area contributed by atoms with Gasteiger partial charge in [-0.3, -0.25) is 4.79 Å². The quantitative estimate of drug-likeness (QED) is 0.790. The lowest BCUT2D eigenvalue weighted by Crippen LogP contribution is -2.22. The Balaban J connectivity index is 2.20. The third-order valence-electron chi connectivity index (χ3n) is 4.15. The molecule has 3 rings (SSSR count). The van der Waals surface area contributed by atoms with Crippen molar-refractivity contribution in [2.45, 2.75) is 26.2 Å². The molecule has 0 unspecified atom stereocenters. The summed E-state index contributed by atoms with van der Waals surface area (Å²) in [6.07, 6.45) is 2.68. The lowest BCUT2D eigenvalue weighted by atomic mass is 9.70. The van der Waals surface area contributed by atoms with E-state index in [2.05, 4.69) is 35.0 Å². The van der Waals surface area contributed by atoms with Gasteiger partial charge in [0.15, 0.2) is 5.78 Å². The summed E-state index contributed by atoms with van der Waals surface area (Å²) in [4.78, 5) is 11.9. The van der Waals surface area contributed by atoms with E-state index in [9.17, 15) is 4.79 Å². The summed E-state index contributed by atoms with van der Waals surface area (Å²) >= 11 is 3.48. The lowest BCUT2D eigenvalue weighted by molar-refractivity contribution is -0.115. The minimum atomic E-state index is 0.0114. The summed E-state index contributed by atoms with van der Waals surface area (Å²) < 4.78 is 6.04. The summed E-state index contributed by atoms with van der Waals surface area (Å²) in [6, 6.07) is 6.15. The van der Waals surface area contributed by atoms with Crippen molar-refractivity contribution in [3.63, 3.8) is 0 Å². The molecule has 0 aromatic heterocycles. The fourth-order valence-electron chi connectivity index (χ4n) is 3.14. The second-order valence-corrected chi connectivity index (χ2v) is 6.17. The first kappa shape index (κ1) is 12.0. The van der Waals surface area contributed by atoms with E-state index in [1.807, 2.05) is 6.07 Å². The number of aryl methyl sites for hydroxylation is 1. The average Bonchev–Trinajstić information content (AvgIpc) is 2.59. The molecule has 0 N–H and O–H groups in total. The summed E-state index contributed by atoms with van der Waals surface area (Å²) in [7, 11) is 1.68. The van der Waals surface area contributed by atoms with Crippen molar-refractivity contribution in [3.8, 4) is 5.75 Å².